The molecule has 0 spiro atoms. The van der Waals surface area contributed by atoms with Gasteiger partial charge in [0.15, 0.2) is 0 Å². The number of carbonyl (C=O) groups is 1. The van der Waals surface area contributed by atoms with Crippen molar-refractivity contribution in [2.24, 2.45) is 23.5 Å². The van der Waals surface area contributed by atoms with Gasteiger partial charge in [0.05, 0.1) is 0 Å². The second kappa shape index (κ2) is 4.59. The van der Waals surface area contributed by atoms with Gasteiger partial charge in [0.25, 0.3) is 0 Å². The lowest BCUT2D eigenvalue weighted by Crippen LogP contribution is -2.37. The number of amides is 1. The van der Waals surface area contributed by atoms with E-state index in [0.29, 0.717) is 18.5 Å². The Morgan fingerprint density at radius 3 is 2.30 bits per heavy atom. The normalized spacial score (nSPS) is 30.9. The first-order valence-corrected chi connectivity index (χ1v) is 7.88. The van der Waals surface area contributed by atoms with Gasteiger partial charge in [-0.25, -0.2) is 0 Å². The third-order valence-electron chi connectivity index (χ3n) is 5.19. The van der Waals surface area contributed by atoms with Crippen LogP contribution in [0.4, 0.5) is 5.69 Å². The fourth-order valence-electron chi connectivity index (χ4n) is 3.76. The van der Waals surface area contributed by atoms with Gasteiger partial charge in [-0.1, -0.05) is 12.1 Å². The molecule has 3 nitrogen and oxygen atoms in total. The van der Waals surface area contributed by atoms with Crippen LogP contribution in [0, 0.1) is 17.8 Å². The number of carbonyl (C=O) groups excluding carboxylic acids is 1. The average molecular weight is 270 g/mol. The van der Waals surface area contributed by atoms with Crippen LogP contribution in [0.15, 0.2) is 24.3 Å². The van der Waals surface area contributed by atoms with Crippen LogP contribution in [0.3, 0.4) is 0 Å². The first kappa shape index (κ1) is 12.4. The molecule has 0 bridgehead atoms. The van der Waals surface area contributed by atoms with Crippen molar-refractivity contribution < 1.29 is 4.79 Å². The summed E-state index contributed by atoms with van der Waals surface area (Å²) in [5, 5.41) is 0. The average Bonchev–Trinajstić information content (AvgIpc) is 3.40. The Bertz CT molecular complexity index is 510. The highest BCUT2D eigenvalue weighted by molar-refractivity contribution is 5.96. The van der Waals surface area contributed by atoms with Crippen molar-refractivity contribution >= 4 is 11.6 Å². The van der Waals surface area contributed by atoms with Crippen LogP contribution < -0.4 is 10.6 Å². The van der Waals surface area contributed by atoms with Gasteiger partial charge >= 0.3 is 0 Å². The van der Waals surface area contributed by atoms with Crippen molar-refractivity contribution in [2.75, 3.05) is 4.90 Å². The van der Waals surface area contributed by atoms with E-state index in [9.17, 15) is 4.79 Å². The Morgan fingerprint density at radius 2 is 1.75 bits per heavy atom. The fourth-order valence-corrected chi connectivity index (χ4v) is 3.76. The van der Waals surface area contributed by atoms with Gasteiger partial charge in [-0.15, -0.1) is 0 Å². The zero-order chi connectivity index (χ0) is 13.7. The zero-order valence-corrected chi connectivity index (χ0v) is 11.8. The van der Waals surface area contributed by atoms with Crippen LogP contribution in [-0.2, 0) is 11.3 Å². The lowest BCUT2D eigenvalue weighted by Gasteiger charge is -2.26. The Morgan fingerprint density at radius 1 is 1.10 bits per heavy atom. The predicted molar refractivity (Wildman–Crippen MR) is 79.2 cm³/mol. The molecule has 3 aliphatic carbocycles. The molecule has 1 amide bonds. The third-order valence-corrected chi connectivity index (χ3v) is 5.19. The highest BCUT2D eigenvalue weighted by Crippen LogP contribution is 2.55. The number of rotatable bonds is 4. The van der Waals surface area contributed by atoms with E-state index >= 15 is 0 Å². The summed E-state index contributed by atoms with van der Waals surface area (Å²) in [4.78, 5) is 14.9. The minimum atomic E-state index is 0.286. The van der Waals surface area contributed by atoms with E-state index in [-0.39, 0.29) is 5.92 Å². The summed E-state index contributed by atoms with van der Waals surface area (Å²) < 4.78 is 0. The molecule has 4 rings (SSSR count). The number of benzene rings is 1. The maximum atomic E-state index is 12.8. The molecule has 3 aliphatic rings. The molecule has 1 aromatic carbocycles. The van der Waals surface area contributed by atoms with Crippen molar-refractivity contribution in [3.8, 4) is 0 Å². The topological polar surface area (TPSA) is 46.3 Å². The highest BCUT2D eigenvalue weighted by atomic mass is 16.2. The van der Waals surface area contributed by atoms with Gasteiger partial charge in [0.2, 0.25) is 5.91 Å². The Hall–Kier alpha value is -1.35. The fraction of sp³-hybridized carbons (Fsp3) is 0.588. The minimum absolute atomic E-state index is 0.286. The molecule has 0 radical (unpaired) electrons. The number of hydrogen-bond donors (Lipinski definition) is 1. The van der Waals surface area contributed by atoms with E-state index in [4.69, 9.17) is 5.73 Å². The van der Waals surface area contributed by atoms with Gasteiger partial charge in [-0.05, 0) is 61.6 Å². The van der Waals surface area contributed by atoms with Crippen LogP contribution in [0.5, 0.6) is 0 Å². The lowest BCUT2D eigenvalue weighted by molar-refractivity contribution is -0.122. The summed E-state index contributed by atoms with van der Waals surface area (Å²) in [6, 6.07) is 8.67. The van der Waals surface area contributed by atoms with Crippen molar-refractivity contribution in [3.05, 3.63) is 29.8 Å². The van der Waals surface area contributed by atoms with Gasteiger partial charge in [-0.3, -0.25) is 4.79 Å². The molecular weight excluding hydrogens is 248 g/mol. The van der Waals surface area contributed by atoms with E-state index in [1.165, 1.54) is 6.42 Å². The summed E-state index contributed by atoms with van der Waals surface area (Å²) in [7, 11) is 0. The molecule has 3 saturated carbocycles. The number of nitrogens with two attached hydrogens (primary N) is 1. The maximum Gasteiger partial charge on any atom is 0.230 e. The van der Waals surface area contributed by atoms with Gasteiger partial charge < -0.3 is 10.6 Å². The summed E-state index contributed by atoms with van der Waals surface area (Å²) in [5.74, 6) is 2.39. The summed E-state index contributed by atoms with van der Waals surface area (Å²) >= 11 is 0. The number of hydrogen-bond acceptors (Lipinski definition) is 2. The molecule has 0 aromatic heterocycles. The monoisotopic (exact) mass is 270 g/mol. The van der Waals surface area contributed by atoms with Crippen LogP contribution in [0.25, 0.3) is 0 Å². The van der Waals surface area contributed by atoms with E-state index < -0.39 is 0 Å². The summed E-state index contributed by atoms with van der Waals surface area (Å²) in [6.45, 7) is 0.559. The molecule has 20 heavy (non-hydrogen) atoms. The van der Waals surface area contributed by atoms with Crippen molar-refractivity contribution in [1.29, 1.82) is 0 Å². The lowest BCUT2D eigenvalue weighted by atomic mass is 10.0. The predicted octanol–water partition coefficient (Wildman–Crippen LogP) is 2.69. The molecule has 1 aromatic rings. The largest absolute Gasteiger partial charge is 0.326 e. The molecule has 106 valence electrons. The minimum Gasteiger partial charge on any atom is -0.326 e. The molecule has 0 aliphatic heterocycles. The van der Waals surface area contributed by atoms with Crippen LogP contribution >= 0.6 is 0 Å². The Balaban J connectivity index is 1.55. The molecule has 0 heterocycles. The summed E-state index contributed by atoms with van der Waals surface area (Å²) in [5.41, 5.74) is 7.84. The maximum absolute atomic E-state index is 12.8. The van der Waals surface area contributed by atoms with Crippen molar-refractivity contribution in [1.82, 2.24) is 0 Å². The first-order valence-electron chi connectivity index (χ1n) is 7.88. The second-order valence-corrected chi connectivity index (χ2v) is 6.73. The van der Waals surface area contributed by atoms with Crippen molar-refractivity contribution in [3.63, 3.8) is 0 Å². The molecule has 2 unspecified atom stereocenters. The number of nitrogens with zero attached hydrogens (tertiary/aromatic N) is 1. The molecule has 3 fully saturated rings. The molecular formula is C17H22N2O. The van der Waals surface area contributed by atoms with Gasteiger partial charge in [-0.2, -0.15) is 0 Å². The van der Waals surface area contributed by atoms with Crippen LogP contribution in [-0.4, -0.2) is 11.9 Å². The SMILES string of the molecule is NCc1ccc(N(C(=O)C2CC3CC3C2)C2CC2)cc1. The van der Waals surface area contributed by atoms with E-state index in [1.54, 1.807) is 0 Å². The molecule has 2 atom stereocenters. The van der Waals surface area contributed by atoms with Gasteiger partial charge in [0, 0.05) is 24.2 Å². The first-order chi connectivity index (χ1) is 9.76. The molecule has 0 saturated heterocycles. The zero-order valence-electron chi connectivity index (χ0n) is 11.8. The second-order valence-electron chi connectivity index (χ2n) is 6.73. The van der Waals surface area contributed by atoms with Gasteiger partial charge in [0.1, 0.15) is 0 Å². The highest BCUT2D eigenvalue weighted by Gasteiger charge is 2.50. The van der Waals surface area contributed by atoms with Crippen LogP contribution in [0.1, 0.15) is 37.7 Å². The van der Waals surface area contributed by atoms with Crippen LogP contribution in [0.2, 0.25) is 0 Å². The third kappa shape index (κ3) is 2.14. The van der Waals surface area contributed by atoms with Crippen molar-refractivity contribution in [2.45, 2.75) is 44.7 Å². The molecule has 2 N–H and O–H groups in total. The molecule has 3 heteroatoms. The van der Waals surface area contributed by atoms with E-state index in [2.05, 4.69) is 17.0 Å². The Labute approximate surface area is 120 Å². The Kier molecular flexibility index (Phi) is 2.84. The smallest absolute Gasteiger partial charge is 0.230 e. The summed E-state index contributed by atoms with van der Waals surface area (Å²) in [6.07, 6.45) is 5.95. The van der Waals surface area contributed by atoms with E-state index in [0.717, 1.165) is 48.8 Å². The standard InChI is InChI=1S/C17H22N2O/c18-10-11-1-3-15(4-2-11)19(16-5-6-16)17(20)14-8-12-7-13(12)9-14/h1-4,12-14,16H,5-10,18H2. The quantitative estimate of drug-likeness (QED) is 0.914. The number of anilines is 1. The van der Waals surface area contributed by atoms with E-state index in [1.807, 2.05) is 12.1 Å². The number of fused-ring (bicyclic) bond motifs is 1.